The van der Waals surface area contributed by atoms with Crippen LogP contribution in [0, 0.1) is 11.7 Å². The van der Waals surface area contributed by atoms with E-state index in [1.54, 1.807) is 0 Å². The van der Waals surface area contributed by atoms with Gasteiger partial charge in [-0.15, -0.1) is 0 Å². The fraction of sp³-hybridized carbons (Fsp3) is 0.588. The maximum atomic E-state index is 13.4. The molecule has 0 aliphatic heterocycles. The molecule has 1 saturated carbocycles. The number of aryl methyl sites for hydroxylation is 1. The molecular weight excluding hydrogens is 265 g/mol. The number of nitrogens with two attached hydrogens (primary N) is 1. The van der Waals surface area contributed by atoms with Crippen LogP contribution in [0.2, 0.25) is 0 Å². The van der Waals surface area contributed by atoms with E-state index in [1.807, 2.05) is 6.07 Å². The average molecular weight is 289 g/mol. The highest BCUT2D eigenvalue weighted by Crippen LogP contribution is 2.39. The van der Waals surface area contributed by atoms with Crippen molar-refractivity contribution in [3.63, 3.8) is 0 Å². The lowest BCUT2D eigenvalue weighted by atomic mass is 9.75. The third kappa shape index (κ3) is 2.46. The van der Waals surface area contributed by atoms with Crippen LogP contribution in [-0.4, -0.2) is 9.55 Å². The van der Waals surface area contributed by atoms with E-state index >= 15 is 0 Å². The minimum Gasteiger partial charge on any atom is -0.327 e. The van der Waals surface area contributed by atoms with Crippen molar-refractivity contribution in [2.24, 2.45) is 11.7 Å². The average Bonchev–Trinajstić information content (AvgIpc) is 2.86. The molecule has 2 N–H and O–H groups in total. The minimum absolute atomic E-state index is 0.240. The second kappa shape index (κ2) is 5.41. The van der Waals surface area contributed by atoms with Crippen LogP contribution in [-0.2, 0) is 12.1 Å². The van der Waals surface area contributed by atoms with E-state index in [-0.39, 0.29) is 11.4 Å². The van der Waals surface area contributed by atoms with Crippen molar-refractivity contribution in [3.8, 4) is 0 Å². The van der Waals surface area contributed by atoms with Crippen LogP contribution in [0.4, 0.5) is 4.39 Å². The van der Waals surface area contributed by atoms with E-state index in [9.17, 15) is 4.39 Å². The molecule has 0 spiro atoms. The first-order valence-corrected chi connectivity index (χ1v) is 8.02. The van der Waals surface area contributed by atoms with Gasteiger partial charge >= 0.3 is 0 Å². The van der Waals surface area contributed by atoms with Gasteiger partial charge in [0, 0.05) is 12.6 Å². The Balaban J connectivity index is 2.03. The SMILES string of the molecule is CCC1CCC(N)(c2nc3cc(F)ccc3n2CC)CC1. The molecule has 0 radical (unpaired) electrons. The summed E-state index contributed by atoms with van der Waals surface area (Å²) in [4.78, 5) is 4.69. The summed E-state index contributed by atoms with van der Waals surface area (Å²) in [7, 11) is 0. The van der Waals surface area contributed by atoms with Crippen LogP contribution >= 0.6 is 0 Å². The molecule has 3 rings (SSSR count). The number of halogens is 1. The van der Waals surface area contributed by atoms with Crippen molar-refractivity contribution >= 4 is 11.0 Å². The number of aromatic nitrogens is 2. The van der Waals surface area contributed by atoms with Crippen molar-refractivity contribution in [2.45, 2.75) is 58.0 Å². The van der Waals surface area contributed by atoms with Crippen molar-refractivity contribution in [2.75, 3.05) is 0 Å². The topological polar surface area (TPSA) is 43.8 Å². The number of nitrogens with zero attached hydrogens (tertiary/aromatic N) is 2. The van der Waals surface area contributed by atoms with E-state index in [0.29, 0.717) is 5.52 Å². The Morgan fingerprint density at radius 3 is 2.67 bits per heavy atom. The lowest BCUT2D eigenvalue weighted by Crippen LogP contribution is -2.42. The summed E-state index contributed by atoms with van der Waals surface area (Å²) >= 11 is 0. The van der Waals surface area contributed by atoms with Crippen LogP contribution in [0.1, 0.15) is 51.8 Å². The Kier molecular flexibility index (Phi) is 3.74. The third-order valence-corrected chi connectivity index (χ3v) is 5.05. The van der Waals surface area contributed by atoms with Gasteiger partial charge in [0.2, 0.25) is 0 Å². The summed E-state index contributed by atoms with van der Waals surface area (Å²) in [5.74, 6) is 1.48. The van der Waals surface area contributed by atoms with Gasteiger partial charge in [0.1, 0.15) is 11.6 Å². The molecule has 0 bridgehead atoms. The molecule has 4 heteroatoms. The van der Waals surface area contributed by atoms with Gasteiger partial charge in [-0.25, -0.2) is 9.37 Å². The standard InChI is InChI=1S/C17H24FN3/c1-3-12-7-9-17(19,10-8-12)16-20-14-11-13(18)5-6-15(14)21(16)4-2/h5-6,11-12H,3-4,7-10,19H2,1-2H3. The Morgan fingerprint density at radius 2 is 2.05 bits per heavy atom. The number of hydrogen-bond donors (Lipinski definition) is 1. The Hall–Kier alpha value is -1.42. The predicted octanol–water partition coefficient (Wildman–Crippen LogP) is 3.95. The van der Waals surface area contributed by atoms with Crippen LogP contribution in [0.25, 0.3) is 11.0 Å². The van der Waals surface area contributed by atoms with Crippen LogP contribution in [0.15, 0.2) is 18.2 Å². The van der Waals surface area contributed by atoms with Crippen LogP contribution < -0.4 is 5.73 Å². The van der Waals surface area contributed by atoms with Gasteiger partial charge in [-0.05, 0) is 50.7 Å². The summed E-state index contributed by atoms with van der Waals surface area (Å²) in [5, 5.41) is 0. The second-order valence-corrected chi connectivity index (χ2v) is 6.32. The van der Waals surface area contributed by atoms with Crippen molar-refractivity contribution in [1.82, 2.24) is 9.55 Å². The first kappa shape index (κ1) is 14.5. The van der Waals surface area contributed by atoms with Gasteiger partial charge in [0.15, 0.2) is 0 Å². The zero-order chi connectivity index (χ0) is 15.0. The Morgan fingerprint density at radius 1 is 1.33 bits per heavy atom. The molecule has 3 nitrogen and oxygen atoms in total. The number of hydrogen-bond acceptors (Lipinski definition) is 2. The van der Waals surface area contributed by atoms with Gasteiger partial charge in [-0.3, -0.25) is 0 Å². The molecule has 114 valence electrons. The van der Waals surface area contributed by atoms with E-state index in [2.05, 4.69) is 23.4 Å². The van der Waals surface area contributed by atoms with Crippen LogP contribution in [0.5, 0.6) is 0 Å². The highest BCUT2D eigenvalue weighted by Gasteiger charge is 2.36. The quantitative estimate of drug-likeness (QED) is 0.929. The fourth-order valence-electron chi connectivity index (χ4n) is 3.63. The highest BCUT2D eigenvalue weighted by molar-refractivity contribution is 5.76. The van der Waals surface area contributed by atoms with Gasteiger partial charge in [0.05, 0.1) is 16.6 Å². The molecule has 0 unspecified atom stereocenters. The van der Waals surface area contributed by atoms with Gasteiger partial charge in [0.25, 0.3) is 0 Å². The molecule has 1 aliphatic carbocycles. The largest absolute Gasteiger partial charge is 0.327 e. The minimum atomic E-state index is -0.364. The highest BCUT2D eigenvalue weighted by atomic mass is 19.1. The summed E-state index contributed by atoms with van der Waals surface area (Å²) in [6, 6.07) is 4.81. The molecule has 0 amide bonds. The predicted molar refractivity (Wildman–Crippen MR) is 83.5 cm³/mol. The van der Waals surface area contributed by atoms with Gasteiger partial charge in [-0.1, -0.05) is 13.3 Å². The molecule has 1 aromatic carbocycles. The molecule has 2 aromatic rings. The van der Waals surface area contributed by atoms with Crippen molar-refractivity contribution in [3.05, 3.63) is 29.8 Å². The fourth-order valence-corrected chi connectivity index (χ4v) is 3.63. The first-order chi connectivity index (χ1) is 10.1. The molecule has 21 heavy (non-hydrogen) atoms. The van der Waals surface area contributed by atoms with Crippen LogP contribution in [0.3, 0.4) is 0 Å². The Bertz CT molecular complexity index is 639. The van der Waals surface area contributed by atoms with Crippen molar-refractivity contribution in [1.29, 1.82) is 0 Å². The number of imidazole rings is 1. The number of benzene rings is 1. The summed E-state index contributed by atoms with van der Waals surface area (Å²) in [6.07, 6.45) is 5.49. The zero-order valence-electron chi connectivity index (χ0n) is 12.9. The molecule has 0 atom stereocenters. The van der Waals surface area contributed by atoms with E-state index in [0.717, 1.165) is 49.5 Å². The normalized spacial score (nSPS) is 26.4. The molecule has 1 heterocycles. The number of fused-ring (bicyclic) bond motifs is 1. The maximum Gasteiger partial charge on any atom is 0.130 e. The second-order valence-electron chi connectivity index (χ2n) is 6.32. The summed E-state index contributed by atoms with van der Waals surface area (Å²) < 4.78 is 15.6. The molecule has 0 saturated heterocycles. The molecule has 1 fully saturated rings. The lowest BCUT2D eigenvalue weighted by Gasteiger charge is -2.36. The zero-order valence-corrected chi connectivity index (χ0v) is 12.9. The first-order valence-electron chi connectivity index (χ1n) is 8.02. The monoisotopic (exact) mass is 289 g/mol. The van der Waals surface area contributed by atoms with E-state index in [4.69, 9.17) is 5.73 Å². The molecule has 1 aromatic heterocycles. The third-order valence-electron chi connectivity index (χ3n) is 5.05. The van der Waals surface area contributed by atoms with Gasteiger partial charge in [-0.2, -0.15) is 0 Å². The maximum absolute atomic E-state index is 13.4. The lowest BCUT2D eigenvalue weighted by molar-refractivity contribution is 0.218. The number of rotatable bonds is 3. The Labute approximate surface area is 125 Å². The summed E-state index contributed by atoms with van der Waals surface area (Å²) in [6.45, 7) is 5.15. The molecule has 1 aliphatic rings. The van der Waals surface area contributed by atoms with Gasteiger partial charge < -0.3 is 10.3 Å². The van der Waals surface area contributed by atoms with E-state index in [1.165, 1.54) is 18.6 Å². The summed E-state index contributed by atoms with van der Waals surface area (Å²) in [5.41, 5.74) is 8.03. The smallest absolute Gasteiger partial charge is 0.130 e. The van der Waals surface area contributed by atoms with Crippen molar-refractivity contribution < 1.29 is 4.39 Å². The van der Waals surface area contributed by atoms with E-state index < -0.39 is 0 Å². The molecular formula is C17H24FN3.